The van der Waals surface area contributed by atoms with Gasteiger partial charge in [-0.15, -0.1) is 0 Å². The monoisotopic (exact) mass is 362 g/mol. The SMILES string of the molecule is CCSc1nc2c(c(=O)[nH]1)C(C(=O)Nc1ccc(F)cc1)CC(=O)N2. The number of fused-ring (bicyclic) bond motifs is 1. The number of halogens is 1. The molecular weight excluding hydrogens is 347 g/mol. The Balaban J connectivity index is 1.92. The van der Waals surface area contributed by atoms with Crippen molar-refractivity contribution in [1.82, 2.24) is 9.97 Å². The smallest absolute Gasteiger partial charge is 0.257 e. The number of aromatic nitrogens is 2. The second kappa shape index (κ2) is 7.06. The quantitative estimate of drug-likeness (QED) is 0.571. The fourth-order valence-electron chi connectivity index (χ4n) is 2.54. The molecule has 0 radical (unpaired) electrons. The lowest BCUT2D eigenvalue weighted by atomic mass is 9.92. The summed E-state index contributed by atoms with van der Waals surface area (Å²) in [5, 5.41) is 5.52. The molecule has 0 saturated heterocycles. The number of H-pyrrole nitrogens is 1. The highest BCUT2D eigenvalue weighted by molar-refractivity contribution is 7.99. The fraction of sp³-hybridized carbons (Fsp3) is 0.250. The summed E-state index contributed by atoms with van der Waals surface area (Å²) >= 11 is 1.32. The molecule has 0 spiro atoms. The Labute approximate surface area is 146 Å². The van der Waals surface area contributed by atoms with Gasteiger partial charge in [0.1, 0.15) is 11.6 Å². The lowest BCUT2D eigenvalue weighted by Crippen LogP contribution is -2.36. The third kappa shape index (κ3) is 3.71. The third-order valence-electron chi connectivity index (χ3n) is 3.64. The van der Waals surface area contributed by atoms with Crippen LogP contribution in [-0.2, 0) is 9.59 Å². The van der Waals surface area contributed by atoms with Gasteiger partial charge in [-0.25, -0.2) is 9.37 Å². The van der Waals surface area contributed by atoms with Crippen molar-refractivity contribution >= 4 is 35.1 Å². The Morgan fingerprint density at radius 3 is 2.76 bits per heavy atom. The van der Waals surface area contributed by atoms with Crippen LogP contribution in [0.1, 0.15) is 24.8 Å². The van der Waals surface area contributed by atoms with E-state index >= 15 is 0 Å². The Hall–Kier alpha value is -2.68. The molecule has 3 N–H and O–H groups in total. The average molecular weight is 362 g/mol. The third-order valence-corrected chi connectivity index (χ3v) is 4.39. The van der Waals surface area contributed by atoms with Crippen LogP contribution in [-0.4, -0.2) is 27.5 Å². The number of nitrogens with one attached hydrogen (secondary N) is 3. The number of benzene rings is 1. The van der Waals surface area contributed by atoms with Crippen LogP contribution in [0.25, 0.3) is 0 Å². The van der Waals surface area contributed by atoms with Gasteiger partial charge < -0.3 is 15.6 Å². The zero-order chi connectivity index (χ0) is 18.0. The molecule has 2 heterocycles. The van der Waals surface area contributed by atoms with E-state index in [2.05, 4.69) is 20.6 Å². The van der Waals surface area contributed by atoms with E-state index in [-0.39, 0.29) is 17.8 Å². The summed E-state index contributed by atoms with van der Waals surface area (Å²) in [6.07, 6.45) is -0.162. The number of hydrogen-bond acceptors (Lipinski definition) is 5. The number of carbonyl (C=O) groups is 2. The minimum Gasteiger partial charge on any atom is -0.326 e. The molecule has 0 bridgehead atoms. The zero-order valence-corrected chi connectivity index (χ0v) is 14.1. The highest BCUT2D eigenvalue weighted by Gasteiger charge is 2.34. The van der Waals surface area contributed by atoms with Gasteiger partial charge in [0.15, 0.2) is 5.16 Å². The first-order valence-electron chi connectivity index (χ1n) is 7.61. The predicted octanol–water partition coefficient (Wildman–Crippen LogP) is 2.09. The molecule has 0 fully saturated rings. The molecule has 2 amide bonds. The van der Waals surface area contributed by atoms with Crippen molar-refractivity contribution in [3.63, 3.8) is 0 Å². The van der Waals surface area contributed by atoms with E-state index in [1.807, 2.05) is 6.92 Å². The molecule has 1 aliphatic rings. The second-order valence-corrected chi connectivity index (χ2v) is 6.62. The summed E-state index contributed by atoms with van der Waals surface area (Å²) in [5.41, 5.74) is 0.0429. The average Bonchev–Trinajstić information content (AvgIpc) is 2.56. The Kier molecular flexibility index (Phi) is 4.84. The maximum Gasteiger partial charge on any atom is 0.257 e. The molecule has 0 aliphatic carbocycles. The van der Waals surface area contributed by atoms with Crippen LogP contribution in [0.4, 0.5) is 15.9 Å². The van der Waals surface area contributed by atoms with Crippen LogP contribution >= 0.6 is 11.8 Å². The van der Waals surface area contributed by atoms with E-state index < -0.39 is 29.1 Å². The van der Waals surface area contributed by atoms with Gasteiger partial charge in [0.25, 0.3) is 5.56 Å². The number of hydrogen-bond donors (Lipinski definition) is 3. The van der Waals surface area contributed by atoms with E-state index in [4.69, 9.17) is 0 Å². The van der Waals surface area contributed by atoms with Crippen molar-refractivity contribution < 1.29 is 14.0 Å². The van der Waals surface area contributed by atoms with Gasteiger partial charge in [0.05, 0.1) is 11.5 Å². The summed E-state index contributed by atoms with van der Waals surface area (Å²) in [6.45, 7) is 1.90. The Morgan fingerprint density at radius 2 is 2.08 bits per heavy atom. The maximum absolute atomic E-state index is 13.0. The number of rotatable bonds is 4. The number of thioether (sulfide) groups is 1. The van der Waals surface area contributed by atoms with Gasteiger partial charge in [0.2, 0.25) is 11.8 Å². The van der Waals surface area contributed by atoms with Crippen molar-refractivity contribution in [3.8, 4) is 0 Å². The summed E-state index contributed by atoms with van der Waals surface area (Å²) in [4.78, 5) is 43.7. The normalized spacial score (nSPS) is 16.1. The number of anilines is 2. The van der Waals surface area contributed by atoms with Crippen LogP contribution in [0.2, 0.25) is 0 Å². The minimum atomic E-state index is -0.967. The van der Waals surface area contributed by atoms with E-state index in [0.717, 1.165) is 0 Å². The van der Waals surface area contributed by atoms with Crippen LogP contribution < -0.4 is 16.2 Å². The van der Waals surface area contributed by atoms with Gasteiger partial charge >= 0.3 is 0 Å². The van der Waals surface area contributed by atoms with Crippen molar-refractivity contribution in [2.75, 3.05) is 16.4 Å². The molecule has 25 heavy (non-hydrogen) atoms. The number of nitrogens with zero attached hydrogens (tertiary/aromatic N) is 1. The highest BCUT2D eigenvalue weighted by Crippen LogP contribution is 2.30. The van der Waals surface area contributed by atoms with Gasteiger partial charge in [-0.1, -0.05) is 18.7 Å². The van der Waals surface area contributed by atoms with Gasteiger partial charge in [0, 0.05) is 12.1 Å². The van der Waals surface area contributed by atoms with Crippen molar-refractivity contribution in [2.45, 2.75) is 24.4 Å². The van der Waals surface area contributed by atoms with Crippen LogP contribution in [0.5, 0.6) is 0 Å². The predicted molar refractivity (Wildman–Crippen MR) is 92.3 cm³/mol. The summed E-state index contributed by atoms with van der Waals surface area (Å²) in [7, 11) is 0. The van der Waals surface area contributed by atoms with Crippen LogP contribution in [0, 0.1) is 5.82 Å². The van der Waals surface area contributed by atoms with E-state index in [0.29, 0.717) is 16.6 Å². The van der Waals surface area contributed by atoms with E-state index in [9.17, 15) is 18.8 Å². The van der Waals surface area contributed by atoms with E-state index in [1.165, 1.54) is 36.0 Å². The lowest BCUT2D eigenvalue weighted by Gasteiger charge is -2.23. The standard InChI is InChI=1S/C16H15FN4O3S/c1-2-25-16-20-13-12(15(24)21-16)10(7-11(22)19-13)14(23)18-9-5-3-8(17)4-6-9/h3-6,10H,2,7H2,1H3,(H,18,23)(H2,19,20,21,22,24). The number of carbonyl (C=O) groups excluding carboxylic acids is 2. The highest BCUT2D eigenvalue weighted by atomic mass is 32.2. The minimum absolute atomic E-state index is 0.107. The zero-order valence-electron chi connectivity index (χ0n) is 13.3. The van der Waals surface area contributed by atoms with Gasteiger partial charge in [-0.05, 0) is 30.0 Å². The van der Waals surface area contributed by atoms with Crippen LogP contribution in [0.15, 0.2) is 34.2 Å². The first kappa shape index (κ1) is 17.2. The summed E-state index contributed by atoms with van der Waals surface area (Å²) in [6, 6.07) is 5.22. The fourth-order valence-corrected chi connectivity index (χ4v) is 3.14. The molecular formula is C16H15FN4O3S. The first-order valence-corrected chi connectivity index (χ1v) is 8.59. The van der Waals surface area contributed by atoms with Crippen molar-refractivity contribution in [1.29, 1.82) is 0 Å². The van der Waals surface area contributed by atoms with Crippen molar-refractivity contribution in [2.24, 2.45) is 0 Å². The molecule has 1 unspecified atom stereocenters. The molecule has 1 atom stereocenters. The van der Waals surface area contributed by atoms with Gasteiger partial charge in [-0.2, -0.15) is 0 Å². The molecule has 7 nitrogen and oxygen atoms in total. The molecule has 9 heteroatoms. The maximum atomic E-state index is 13.0. The van der Waals surface area contributed by atoms with Crippen molar-refractivity contribution in [3.05, 3.63) is 46.0 Å². The van der Waals surface area contributed by atoms with Crippen LogP contribution in [0.3, 0.4) is 0 Å². The Morgan fingerprint density at radius 1 is 1.36 bits per heavy atom. The molecule has 3 rings (SSSR count). The molecule has 2 aromatic rings. The summed E-state index contributed by atoms with van der Waals surface area (Å²) < 4.78 is 13.0. The molecule has 1 aromatic carbocycles. The lowest BCUT2D eigenvalue weighted by molar-refractivity contribution is -0.123. The molecule has 130 valence electrons. The summed E-state index contributed by atoms with van der Waals surface area (Å²) in [5.74, 6) is -1.50. The second-order valence-electron chi connectivity index (χ2n) is 5.37. The Bertz CT molecular complexity index is 882. The number of amides is 2. The van der Waals surface area contributed by atoms with E-state index in [1.54, 1.807) is 0 Å². The topological polar surface area (TPSA) is 104 Å². The molecule has 1 aliphatic heterocycles. The molecule has 0 saturated carbocycles. The molecule has 1 aromatic heterocycles. The van der Waals surface area contributed by atoms with Gasteiger partial charge in [-0.3, -0.25) is 14.4 Å². The first-order chi connectivity index (χ1) is 12.0. The largest absolute Gasteiger partial charge is 0.326 e. The number of aromatic amines is 1.